The van der Waals surface area contributed by atoms with E-state index in [0.29, 0.717) is 11.9 Å². The maximum atomic E-state index is 9.46. The SMILES string of the molecule is COCC(O)CNc1nc(Cl)nc(N(C)C)n1. The molecule has 17 heavy (non-hydrogen) atoms. The van der Waals surface area contributed by atoms with Gasteiger partial charge >= 0.3 is 0 Å². The van der Waals surface area contributed by atoms with Crippen molar-refractivity contribution >= 4 is 23.5 Å². The van der Waals surface area contributed by atoms with Crippen molar-refractivity contribution in [1.29, 1.82) is 0 Å². The Morgan fingerprint density at radius 1 is 1.41 bits per heavy atom. The zero-order valence-corrected chi connectivity index (χ0v) is 10.8. The fraction of sp³-hybridized carbons (Fsp3) is 0.667. The molecule has 8 heteroatoms. The molecule has 0 aliphatic carbocycles. The molecule has 1 aromatic heterocycles. The number of nitrogens with zero attached hydrogens (tertiary/aromatic N) is 4. The van der Waals surface area contributed by atoms with E-state index in [-0.39, 0.29) is 18.4 Å². The summed E-state index contributed by atoms with van der Waals surface area (Å²) in [5.41, 5.74) is 0. The second kappa shape index (κ2) is 6.53. The predicted octanol–water partition coefficient (Wildman–Crippen LogP) is 0.0102. The van der Waals surface area contributed by atoms with Gasteiger partial charge in [-0.1, -0.05) is 0 Å². The third-order valence-corrected chi connectivity index (χ3v) is 2.02. The topological polar surface area (TPSA) is 83.4 Å². The van der Waals surface area contributed by atoms with Crippen LogP contribution < -0.4 is 10.2 Å². The van der Waals surface area contributed by atoms with Crippen LogP contribution in [-0.4, -0.2) is 60.5 Å². The monoisotopic (exact) mass is 261 g/mol. The van der Waals surface area contributed by atoms with Crippen molar-refractivity contribution in [1.82, 2.24) is 15.0 Å². The van der Waals surface area contributed by atoms with Gasteiger partial charge in [0.25, 0.3) is 0 Å². The van der Waals surface area contributed by atoms with Crippen molar-refractivity contribution in [2.45, 2.75) is 6.10 Å². The Hall–Kier alpha value is -1.18. The number of nitrogens with one attached hydrogen (secondary N) is 1. The number of aliphatic hydroxyl groups excluding tert-OH is 1. The van der Waals surface area contributed by atoms with Gasteiger partial charge < -0.3 is 20.1 Å². The molecule has 1 unspecified atom stereocenters. The molecule has 96 valence electrons. The van der Waals surface area contributed by atoms with Crippen LogP contribution in [0.4, 0.5) is 11.9 Å². The Balaban J connectivity index is 2.64. The van der Waals surface area contributed by atoms with Gasteiger partial charge in [0.2, 0.25) is 17.2 Å². The first-order chi connectivity index (χ1) is 8.02. The first-order valence-electron chi connectivity index (χ1n) is 5.02. The van der Waals surface area contributed by atoms with Gasteiger partial charge in [0.05, 0.1) is 12.7 Å². The van der Waals surface area contributed by atoms with Crippen molar-refractivity contribution < 1.29 is 9.84 Å². The molecule has 1 atom stereocenters. The van der Waals surface area contributed by atoms with Crippen molar-refractivity contribution in [2.75, 3.05) is 44.6 Å². The quantitative estimate of drug-likeness (QED) is 0.746. The van der Waals surface area contributed by atoms with E-state index < -0.39 is 6.10 Å². The Morgan fingerprint density at radius 2 is 2.12 bits per heavy atom. The van der Waals surface area contributed by atoms with E-state index in [1.54, 1.807) is 19.0 Å². The molecule has 1 heterocycles. The number of rotatable bonds is 6. The summed E-state index contributed by atoms with van der Waals surface area (Å²) in [6, 6.07) is 0. The number of ether oxygens (including phenoxy) is 1. The van der Waals surface area contributed by atoms with E-state index in [1.807, 2.05) is 0 Å². The van der Waals surface area contributed by atoms with Crippen LogP contribution in [0.1, 0.15) is 0 Å². The second-order valence-corrected chi connectivity index (χ2v) is 3.95. The molecule has 0 amide bonds. The molecule has 0 bridgehead atoms. The molecular formula is C9H16ClN5O2. The summed E-state index contributed by atoms with van der Waals surface area (Å²) in [5.74, 6) is 0.776. The van der Waals surface area contributed by atoms with Crippen LogP contribution in [0.25, 0.3) is 0 Å². The minimum Gasteiger partial charge on any atom is -0.389 e. The average molecular weight is 262 g/mol. The Bertz CT molecular complexity index is 363. The lowest BCUT2D eigenvalue weighted by molar-refractivity contribution is 0.0726. The van der Waals surface area contributed by atoms with Crippen molar-refractivity contribution in [3.05, 3.63) is 5.28 Å². The molecule has 0 spiro atoms. The minimum atomic E-state index is -0.627. The number of methoxy groups -OCH3 is 1. The Morgan fingerprint density at radius 3 is 2.71 bits per heavy atom. The van der Waals surface area contributed by atoms with Gasteiger partial charge in [0, 0.05) is 27.7 Å². The van der Waals surface area contributed by atoms with Crippen molar-refractivity contribution in [3.63, 3.8) is 0 Å². The molecular weight excluding hydrogens is 246 g/mol. The smallest absolute Gasteiger partial charge is 0.230 e. The fourth-order valence-corrected chi connectivity index (χ4v) is 1.23. The van der Waals surface area contributed by atoms with E-state index in [2.05, 4.69) is 20.3 Å². The standard InChI is InChI=1S/C9H16ClN5O2/c1-15(2)9-13-7(10)12-8(14-9)11-4-6(16)5-17-3/h6,16H,4-5H2,1-3H3,(H,11,12,13,14). The molecule has 0 aliphatic heterocycles. The molecule has 0 saturated heterocycles. The Kier molecular flexibility index (Phi) is 5.33. The third-order valence-electron chi connectivity index (χ3n) is 1.85. The largest absolute Gasteiger partial charge is 0.389 e. The maximum Gasteiger partial charge on any atom is 0.230 e. The first kappa shape index (κ1) is 13.9. The summed E-state index contributed by atoms with van der Waals surface area (Å²) < 4.78 is 4.80. The van der Waals surface area contributed by atoms with E-state index in [0.717, 1.165) is 0 Å². The summed E-state index contributed by atoms with van der Waals surface area (Å²) in [4.78, 5) is 13.7. The van der Waals surface area contributed by atoms with Gasteiger partial charge in [0.15, 0.2) is 0 Å². The molecule has 0 radical (unpaired) electrons. The zero-order chi connectivity index (χ0) is 12.8. The highest BCUT2D eigenvalue weighted by Gasteiger charge is 2.08. The number of aromatic nitrogens is 3. The minimum absolute atomic E-state index is 0.104. The summed E-state index contributed by atoms with van der Waals surface area (Å²) >= 11 is 5.75. The molecule has 2 N–H and O–H groups in total. The number of halogens is 1. The lowest BCUT2D eigenvalue weighted by atomic mass is 10.4. The molecule has 1 rings (SSSR count). The molecule has 0 aromatic carbocycles. The van der Waals surface area contributed by atoms with Crippen molar-refractivity contribution in [3.8, 4) is 0 Å². The third kappa shape index (κ3) is 4.68. The molecule has 7 nitrogen and oxygen atoms in total. The highest BCUT2D eigenvalue weighted by atomic mass is 35.5. The number of hydrogen-bond donors (Lipinski definition) is 2. The zero-order valence-electron chi connectivity index (χ0n) is 10.0. The summed E-state index contributed by atoms with van der Waals surface area (Å²) in [7, 11) is 5.12. The fourth-order valence-electron chi connectivity index (χ4n) is 1.08. The highest BCUT2D eigenvalue weighted by Crippen LogP contribution is 2.11. The average Bonchev–Trinajstić information content (AvgIpc) is 2.26. The van der Waals surface area contributed by atoms with Crippen LogP contribution in [0.5, 0.6) is 0 Å². The van der Waals surface area contributed by atoms with Crippen LogP contribution in [0.3, 0.4) is 0 Å². The molecule has 0 aliphatic rings. The van der Waals surface area contributed by atoms with Crippen LogP contribution >= 0.6 is 11.6 Å². The highest BCUT2D eigenvalue weighted by molar-refractivity contribution is 6.28. The van der Waals surface area contributed by atoms with E-state index in [1.165, 1.54) is 7.11 Å². The summed E-state index contributed by atoms with van der Waals surface area (Å²) in [5, 5.41) is 12.4. The molecule has 1 aromatic rings. The van der Waals surface area contributed by atoms with Crippen LogP contribution in [0.15, 0.2) is 0 Å². The maximum absolute atomic E-state index is 9.46. The lowest BCUT2D eigenvalue weighted by Gasteiger charge is -2.13. The van der Waals surface area contributed by atoms with Crippen LogP contribution in [-0.2, 0) is 4.74 Å². The first-order valence-corrected chi connectivity index (χ1v) is 5.40. The van der Waals surface area contributed by atoms with Crippen LogP contribution in [0, 0.1) is 0 Å². The van der Waals surface area contributed by atoms with Gasteiger partial charge in [-0.15, -0.1) is 0 Å². The second-order valence-electron chi connectivity index (χ2n) is 3.61. The van der Waals surface area contributed by atoms with E-state index >= 15 is 0 Å². The predicted molar refractivity (Wildman–Crippen MR) is 65.5 cm³/mol. The normalized spacial score (nSPS) is 12.3. The number of aliphatic hydroxyl groups is 1. The van der Waals surface area contributed by atoms with E-state index in [4.69, 9.17) is 16.3 Å². The lowest BCUT2D eigenvalue weighted by Crippen LogP contribution is -2.25. The molecule has 0 saturated carbocycles. The van der Waals surface area contributed by atoms with E-state index in [9.17, 15) is 5.11 Å². The molecule has 0 fully saturated rings. The summed E-state index contributed by atoms with van der Waals surface area (Å²) in [6.45, 7) is 0.521. The number of hydrogen-bond acceptors (Lipinski definition) is 7. The number of anilines is 2. The van der Waals surface area contributed by atoms with Gasteiger partial charge in [-0.05, 0) is 11.6 Å². The van der Waals surface area contributed by atoms with Gasteiger partial charge in [-0.2, -0.15) is 15.0 Å². The van der Waals surface area contributed by atoms with Gasteiger partial charge in [-0.25, -0.2) is 0 Å². The Labute approximate surface area is 105 Å². The summed E-state index contributed by atoms with van der Waals surface area (Å²) in [6.07, 6.45) is -0.627. The van der Waals surface area contributed by atoms with Crippen LogP contribution in [0.2, 0.25) is 5.28 Å². The van der Waals surface area contributed by atoms with Gasteiger partial charge in [-0.3, -0.25) is 0 Å². The van der Waals surface area contributed by atoms with Gasteiger partial charge in [0.1, 0.15) is 0 Å². The van der Waals surface area contributed by atoms with Crippen molar-refractivity contribution in [2.24, 2.45) is 0 Å².